The molecule has 2 nitrogen and oxygen atoms in total. The molecule has 18 heavy (non-hydrogen) atoms. The van der Waals surface area contributed by atoms with Gasteiger partial charge in [-0.15, -0.1) is 17.0 Å². The predicted molar refractivity (Wildman–Crippen MR) is 80.7 cm³/mol. The maximum atomic E-state index is 6.18. The lowest BCUT2D eigenvalue weighted by Crippen LogP contribution is -1.86. The standard InChI is InChI=1S/C14H11ClN2.BrH/c1-10-5-4-8-14-16-13(9-17(10)14)11-6-2-3-7-12(11)15;/h2-9H,1H3;1H. The minimum atomic E-state index is 0. The molecular weight excluding hydrogens is 312 g/mol. The number of hydrogen-bond donors (Lipinski definition) is 0. The SMILES string of the molecule is Br.Cc1cccc2nc(-c3ccccc3Cl)cn12. The Kier molecular flexibility index (Phi) is 3.73. The number of aryl methyl sites for hydroxylation is 1. The molecule has 0 unspecified atom stereocenters. The second-order valence-corrected chi connectivity index (χ2v) is 4.41. The van der Waals surface area contributed by atoms with Crippen molar-refractivity contribution in [3.63, 3.8) is 0 Å². The topological polar surface area (TPSA) is 17.3 Å². The zero-order valence-corrected chi connectivity index (χ0v) is 12.3. The van der Waals surface area contributed by atoms with Crippen molar-refractivity contribution in [1.82, 2.24) is 9.38 Å². The van der Waals surface area contributed by atoms with Gasteiger partial charge in [-0.2, -0.15) is 0 Å². The lowest BCUT2D eigenvalue weighted by atomic mass is 10.2. The first-order valence-corrected chi connectivity index (χ1v) is 5.83. The van der Waals surface area contributed by atoms with E-state index in [1.807, 2.05) is 42.6 Å². The second kappa shape index (κ2) is 5.12. The molecule has 0 amide bonds. The van der Waals surface area contributed by atoms with Crippen LogP contribution in [0.1, 0.15) is 5.69 Å². The van der Waals surface area contributed by atoms with E-state index >= 15 is 0 Å². The molecule has 0 N–H and O–H groups in total. The Labute approximate surface area is 121 Å². The number of nitrogens with zero attached hydrogens (tertiary/aromatic N) is 2. The van der Waals surface area contributed by atoms with Crippen LogP contribution in [-0.4, -0.2) is 9.38 Å². The van der Waals surface area contributed by atoms with Crippen molar-refractivity contribution in [3.8, 4) is 11.3 Å². The number of pyridine rings is 1. The van der Waals surface area contributed by atoms with Crippen molar-refractivity contribution in [2.75, 3.05) is 0 Å². The molecule has 0 aliphatic heterocycles. The third-order valence-electron chi connectivity index (χ3n) is 2.85. The van der Waals surface area contributed by atoms with Crippen LogP contribution in [0.25, 0.3) is 16.9 Å². The molecule has 0 aliphatic rings. The largest absolute Gasteiger partial charge is 0.304 e. The molecule has 3 aromatic rings. The van der Waals surface area contributed by atoms with Gasteiger partial charge in [0.15, 0.2) is 0 Å². The van der Waals surface area contributed by atoms with Crippen molar-refractivity contribution in [2.24, 2.45) is 0 Å². The molecule has 92 valence electrons. The van der Waals surface area contributed by atoms with Crippen LogP contribution in [0, 0.1) is 6.92 Å². The molecule has 0 fully saturated rings. The second-order valence-electron chi connectivity index (χ2n) is 4.00. The van der Waals surface area contributed by atoms with E-state index in [0.29, 0.717) is 0 Å². The van der Waals surface area contributed by atoms with Crippen molar-refractivity contribution in [3.05, 3.63) is 59.4 Å². The van der Waals surface area contributed by atoms with Crippen molar-refractivity contribution in [1.29, 1.82) is 0 Å². The fraction of sp³-hybridized carbons (Fsp3) is 0.0714. The lowest BCUT2D eigenvalue weighted by Gasteiger charge is -1.98. The monoisotopic (exact) mass is 322 g/mol. The van der Waals surface area contributed by atoms with E-state index in [0.717, 1.165) is 27.6 Å². The number of aromatic nitrogens is 2. The van der Waals surface area contributed by atoms with Gasteiger partial charge in [-0.1, -0.05) is 35.9 Å². The Morgan fingerprint density at radius 1 is 1.06 bits per heavy atom. The van der Waals surface area contributed by atoms with E-state index in [9.17, 15) is 0 Å². The molecule has 0 aliphatic carbocycles. The molecule has 0 atom stereocenters. The first kappa shape index (κ1) is 13.1. The summed E-state index contributed by atoms with van der Waals surface area (Å²) in [5.41, 5.74) is 3.98. The van der Waals surface area contributed by atoms with Crippen LogP contribution in [0.15, 0.2) is 48.7 Å². The third-order valence-corrected chi connectivity index (χ3v) is 3.18. The van der Waals surface area contributed by atoms with Crippen LogP contribution in [0.2, 0.25) is 5.02 Å². The fourth-order valence-corrected chi connectivity index (χ4v) is 2.18. The van der Waals surface area contributed by atoms with Crippen LogP contribution in [0.5, 0.6) is 0 Å². The highest BCUT2D eigenvalue weighted by molar-refractivity contribution is 8.93. The van der Waals surface area contributed by atoms with Crippen LogP contribution in [-0.2, 0) is 0 Å². The molecule has 3 rings (SSSR count). The van der Waals surface area contributed by atoms with E-state index in [2.05, 4.69) is 22.4 Å². The van der Waals surface area contributed by atoms with Gasteiger partial charge in [0, 0.05) is 17.5 Å². The minimum absolute atomic E-state index is 0. The molecule has 2 heterocycles. The van der Waals surface area contributed by atoms with Gasteiger partial charge in [-0.3, -0.25) is 0 Å². The van der Waals surface area contributed by atoms with E-state index in [1.54, 1.807) is 0 Å². The summed E-state index contributed by atoms with van der Waals surface area (Å²) in [6.07, 6.45) is 2.02. The molecular formula is C14H12BrClN2. The van der Waals surface area contributed by atoms with Gasteiger partial charge in [-0.05, 0) is 25.1 Å². The number of imidazole rings is 1. The average Bonchev–Trinajstić information content (AvgIpc) is 2.75. The van der Waals surface area contributed by atoms with Gasteiger partial charge < -0.3 is 4.40 Å². The van der Waals surface area contributed by atoms with Crippen LogP contribution >= 0.6 is 28.6 Å². The van der Waals surface area contributed by atoms with E-state index in [4.69, 9.17) is 11.6 Å². The van der Waals surface area contributed by atoms with E-state index in [-0.39, 0.29) is 17.0 Å². The third kappa shape index (κ3) is 2.16. The summed E-state index contributed by atoms with van der Waals surface area (Å²) in [4.78, 5) is 4.58. The Morgan fingerprint density at radius 2 is 1.83 bits per heavy atom. The molecule has 4 heteroatoms. The van der Waals surface area contributed by atoms with Gasteiger partial charge in [0.2, 0.25) is 0 Å². The van der Waals surface area contributed by atoms with Gasteiger partial charge in [0.05, 0.1) is 10.7 Å². The first-order valence-electron chi connectivity index (χ1n) is 5.45. The number of fused-ring (bicyclic) bond motifs is 1. The normalized spacial score (nSPS) is 10.3. The lowest BCUT2D eigenvalue weighted by molar-refractivity contribution is 1.09. The minimum Gasteiger partial charge on any atom is -0.304 e. The Balaban J connectivity index is 0.00000120. The molecule has 0 bridgehead atoms. The Bertz CT molecular complexity index is 691. The molecule has 0 saturated heterocycles. The molecule has 2 aromatic heterocycles. The highest BCUT2D eigenvalue weighted by Crippen LogP contribution is 2.27. The summed E-state index contributed by atoms with van der Waals surface area (Å²) in [5.74, 6) is 0. The van der Waals surface area contributed by atoms with Crippen LogP contribution < -0.4 is 0 Å². The molecule has 1 aromatic carbocycles. The quantitative estimate of drug-likeness (QED) is 0.642. The number of rotatable bonds is 1. The Hall–Kier alpha value is -1.32. The first-order chi connectivity index (χ1) is 8.25. The number of halogens is 2. The zero-order chi connectivity index (χ0) is 11.8. The molecule has 0 spiro atoms. The highest BCUT2D eigenvalue weighted by Gasteiger charge is 2.07. The maximum Gasteiger partial charge on any atom is 0.137 e. The maximum absolute atomic E-state index is 6.18. The van der Waals surface area contributed by atoms with Gasteiger partial charge >= 0.3 is 0 Å². The van der Waals surface area contributed by atoms with Crippen molar-refractivity contribution < 1.29 is 0 Å². The molecule has 0 saturated carbocycles. The zero-order valence-electron chi connectivity index (χ0n) is 9.80. The number of hydrogen-bond acceptors (Lipinski definition) is 1. The van der Waals surface area contributed by atoms with Crippen LogP contribution in [0.4, 0.5) is 0 Å². The smallest absolute Gasteiger partial charge is 0.137 e. The summed E-state index contributed by atoms with van der Waals surface area (Å²) in [6.45, 7) is 2.06. The highest BCUT2D eigenvalue weighted by atomic mass is 79.9. The summed E-state index contributed by atoms with van der Waals surface area (Å²) in [5, 5.41) is 0.730. The van der Waals surface area contributed by atoms with E-state index in [1.165, 1.54) is 0 Å². The van der Waals surface area contributed by atoms with Crippen molar-refractivity contribution in [2.45, 2.75) is 6.92 Å². The summed E-state index contributed by atoms with van der Waals surface area (Å²) in [6, 6.07) is 13.8. The van der Waals surface area contributed by atoms with Gasteiger partial charge in [0.25, 0.3) is 0 Å². The average molecular weight is 324 g/mol. The summed E-state index contributed by atoms with van der Waals surface area (Å²) in [7, 11) is 0. The number of benzene rings is 1. The van der Waals surface area contributed by atoms with Crippen molar-refractivity contribution >= 4 is 34.2 Å². The van der Waals surface area contributed by atoms with E-state index < -0.39 is 0 Å². The van der Waals surface area contributed by atoms with Gasteiger partial charge in [-0.25, -0.2) is 4.98 Å². The fourth-order valence-electron chi connectivity index (χ4n) is 1.95. The van der Waals surface area contributed by atoms with Gasteiger partial charge in [0.1, 0.15) is 5.65 Å². The molecule has 0 radical (unpaired) electrons. The summed E-state index contributed by atoms with van der Waals surface area (Å²) < 4.78 is 2.07. The Morgan fingerprint density at radius 3 is 2.56 bits per heavy atom. The van der Waals surface area contributed by atoms with Crippen LogP contribution in [0.3, 0.4) is 0 Å². The predicted octanol–water partition coefficient (Wildman–Crippen LogP) is 4.54. The summed E-state index contributed by atoms with van der Waals surface area (Å²) >= 11 is 6.18.